The summed E-state index contributed by atoms with van der Waals surface area (Å²) in [6.45, 7) is 4.59. The molecule has 0 amide bonds. The van der Waals surface area contributed by atoms with Gasteiger partial charge in [0.25, 0.3) is 10.0 Å². The Balaban J connectivity index is 1.98. The fraction of sp³-hybridized carbons (Fsp3) is 0.727. The highest BCUT2D eigenvalue weighted by Crippen LogP contribution is 2.30. The SMILES string of the molecule is CN1CCC(C)(CNS(=O)(=O)c2cnc(Cl)s2)CC1. The average molecular weight is 324 g/mol. The molecule has 1 aromatic heterocycles. The van der Waals surface area contributed by atoms with Crippen molar-refractivity contribution < 1.29 is 8.42 Å². The maximum Gasteiger partial charge on any atom is 0.251 e. The predicted molar refractivity (Wildman–Crippen MR) is 77.2 cm³/mol. The number of hydrogen-bond acceptors (Lipinski definition) is 5. The van der Waals surface area contributed by atoms with E-state index in [-0.39, 0.29) is 14.1 Å². The monoisotopic (exact) mass is 323 g/mol. The Hall–Kier alpha value is -0.210. The third-order valence-corrected chi connectivity index (χ3v) is 6.58. The maximum atomic E-state index is 12.1. The molecule has 8 heteroatoms. The molecule has 1 saturated heterocycles. The fourth-order valence-electron chi connectivity index (χ4n) is 2.04. The van der Waals surface area contributed by atoms with Gasteiger partial charge < -0.3 is 4.90 Å². The van der Waals surface area contributed by atoms with Crippen molar-refractivity contribution in [3.63, 3.8) is 0 Å². The van der Waals surface area contributed by atoms with Crippen LogP contribution in [-0.4, -0.2) is 45.0 Å². The summed E-state index contributed by atoms with van der Waals surface area (Å²) >= 11 is 6.64. The number of aromatic nitrogens is 1. The largest absolute Gasteiger partial charge is 0.306 e. The quantitative estimate of drug-likeness (QED) is 0.918. The molecule has 1 aliphatic rings. The summed E-state index contributed by atoms with van der Waals surface area (Å²) in [5.41, 5.74) is 0.0219. The van der Waals surface area contributed by atoms with Crippen molar-refractivity contribution in [3.05, 3.63) is 10.7 Å². The average Bonchev–Trinajstić information content (AvgIpc) is 2.79. The Kier molecular flexibility index (Phi) is 4.52. The van der Waals surface area contributed by atoms with E-state index in [1.165, 1.54) is 6.20 Å². The van der Waals surface area contributed by atoms with Gasteiger partial charge in [-0.3, -0.25) is 0 Å². The van der Waals surface area contributed by atoms with Crippen LogP contribution in [0.3, 0.4) is 0 Å². The van der Waals surface area contributed by atoms with Crippen LogP contribution in [-0.2, 0) is 10.0 Å². The molecule has 0 atom stereocenters. The maximum absolute atomic E-state index is 12.1. The van der Waals surface area contributed by atoms with Gasteiger partial charge in [0.2, 0.25) is 0 Å². The van der Waals surface area contributed by atoms with Crippen LogP contribution in [0.4, 0.5) is 0 Å². The van der Waals surface area contributed by atoms with E-state index in [1.54, 1.807) is 0 Å². The van der Waals surface area contributed by atoms with E-state index in [0.29, 0.717) is 6.54 Å². The number of nitrogens with one attached hydrogen (secondary N) is 1. The Morgan fingerprint density at radius 3 is 2.68 bits per heavy atom. The van der Waals surface area contributed by atoms with Gasteiger partial charge in [0.05, 0.1) is 6.20 Å². The van der Waals surface area contributed by atoms with Crippen molar-refractivity contribution in [1.29, 1.82) is 0 Å². The van der Waals surface area contributed by atoms with Crippen LogP contribution in [0.25, 0.3) is 0 Å². The summed E-state index contributed by atoms with van der Waals surface area (Å²) < 4.78 is 27.3. The zero-order valence-electron chi connectivity index (χ0n) is 11.0. The zero-order chi connectivity index (χ0) is 14.1. The molecule has 1 aliphatic heterocycles. The molecule has 0 spiro atoms. The lowest BCUT2D eigenvalue weighted by Gasteiger charge is -2.37. The summed E-state index contributed by atoms with van der Waals surface area (Å²) in [6, 6.07) is 0. The van der Waals surface area contributed by atoms with Crippen LogP contribution in [0, 0.1) is 5.41 Å². The van der Waals surface area contributed by atoms with Gasteiger partial charge in [0, 0.05) is 6.54 Å². The summed E-state index contributed by atoms with van der Waals surface area (Å²) in [4.78, 5) is 6.03. The number of nitrogens with zero attached hydrogens (tertiary/aromatic N) is 2. The van der Waals surface area contributed by atoms with E-state index < -0.39 is 10.0 Å². The molecule has 19 heavy (non-hydrogen) atoms. The highest BCUT2D eigenvalue weighted by atomic mass is 35.5. The van der Waals surface area contributed by atoms with Gasteiger partial charge in [-0.25, -0.2) is 18.1 Å². The van der Waals surface area contributed by atoms with Crippen molar-refractivity contribution >= 4 is 33.0 Å². The van der Waals surface area contributed by atoms with Crippen molar-refractivity contribution in [2.24, 2.45) is 5.41 Å². The minimum absolute atomic E-state index is 0.0219. The molecular weight excluding hydrogens is 306 g/mol. The van der Waals surface area contributed by atoms with E-state index in [1.807, 2.05) is 0 Å². The van der Waals surface area contributed by atoms with E-state index in [4.69, 9.17) is 11.6 Å². The van der Waals surface area contributed by atoms with Gasteiger partial charge >= 0.3 is 0 Å². The van der Waals surface area contributed by atoms with Crippen molar-refractivity contribution in [1.82, 2.24) is 14.6 Å². The minimum atomic E-state index is -3.48. The van der Waals surface area contributed by atoms with Gasteiger partial charge in [0.1, 0.15) is 0 Å². The standard InChI is InChI=1S/C11H18ClN3O2S2/c1-11(3-5-15(2)6-4-11)8-14-19(16,17)9-7-13-10(12)18-9/h7,14H,3-6,8H2,1-2H3. The highest BCUT2D eigenvalue weighted by molar-refractivity contribution is 7.91. The molecule has 2 heterocycles. The number of halogens is 1. The molecule has 1 fully saturated rings. The fourth-order valence-corrected chi connectivity index (χ4v) is 4.58. The van der Waals surface area contributed by atoms with Crippen molar-refractivity contribution in [3.8, 4) is 0 Å². The van der Waals surface area contributed by atoms with Crippen LogP contribution in [0.2, 0.25) is 4.47 Å². The van der Waals surface area contributed by atoms with E-state index in [9.17, 15) is 8.42 Å². The third kappa shape index (κ3) is 3.88. The lowest BCUT2D eigenvalue weighted by Crippen LogP contribution is -2.43. The Bertz CT molecular complexity index is 536. The Labute approximate surface area is 123 Å². The predicted octanol–water partition coefficient (Wildman–Crippen LogP) is 1.81. The summed E-state index contributed by atoms with van der Waals surface area (Å²) in [7, 11) is -1.40. The molecule has 2 rings (SSSR count). The summed E-state index contributed by atoms with van der Waals surface area (Å²) in [6.07, 6.45) is 3.29. The zero-order valence-corrected chi connectivity index (χ0v) is 13.4. The van der Waals surface area contributed by atoms with Gasteiger partial charge in [0.15, 0.2) is 8.68 Å². The lowest BCUT2D eigenvalue weighted by atomic mass is 9.81. The number of hydrogen-bond donors (Lipinski definition) is 1. The number of thiazole rings is 1. The first-order valence-electron chi connectivity index (χ1n) is 6.10. The molecule has 0 aromatic carbocycles. The first-order chi connectivity index (χ1) is 8.81. The molecule has 0 saturated carbocycles. The van der Waals surface area contributed by atoms with E-state index in [0.717, 1.165) is 37.3 Å². The van der Waals surface area contributed by atoms with Gasteiger partial charge in [-0.1, -0.05) is 29.9 Å². The molecule has 0 radical (unpaired) electrons. The second-order valence-corrected chi connectivity index (χ2v) is 8.98. The van der Waals surface area contributed by atoms with Crippen LogP contribution in [0.15, 0.2) is 10.4 Å². The molecule has 108 valence electrons. The molecule has 1 aromatic rings. The molecule has 0 aliphatic carbocycles. The normalized spacial score (nSPS) is 20.6. The van der Waals surface area contributed by atoms with Crippen LogP contribution < -0.4 is 4.72 Å². The minimum Gasteiger partial charge on any atom is -0.306 e. The molecule has 1 N–H and O–H groups in total. The van der Waals surface area contributed by atoms with Crippen LogP contribution in [0.5, 0.6) is 0 Å². The third-order valence-electron chi connectivity index (χ3n) is 3.60. The molecular formula is C11H18ClN3O2S2. The smallest absolute Gasteiger partial charge is 0.251 e. The highest BCUT2D eigenvalue weighted by Gasteiger charge is 2.30. The first-order valence-corrected chi connectivity index (χ1v) is 8.78. The Morgan fingerprint density at radius 1 is 1.53 bits per heavy atom. The number of piperidine rings is 1. The van der Waals surface area contributed by atoms with Crippen LogP contribution in [0.1, 0.15) is 19.8 Å². The van der Waals surface area contributed by atoms with Gasteiger partial charge in [-0.2, -0.15) is 0 Å². The summed E-state index contributed by atoms with van der Waals surface area (Å²) in [5, 5.41) is 0. The van der Waals surface area contributed by atoms with Gasteiger partial charge in [-0.05, 0) is 38.4 Å². The van der Waals surface area contributed by atoms with Crippen LogP contribution >= 0.6 is 22.9 Å². The molecule has 0 unspecified atom stereocenters. The number of sulfonamides is 1. The lowest BCUT2D eigenvalue weighted by molar-refractivity contribution is 0.143. The first kappa shape index (κ1) is 15.2. The second kappa shape index (κ2) is 5.65. The molecule has 0 bridgehead atoms. The number of likely N-dealkylation sites (tertiary alicyclic amines) is 1. The topological polar surface area (TPSA) is 62.3 Å². The van der Waals surface area contributed by atoms with Crippen molar-refractivity contribution in [2.45, 2.75) is 24.0 Å². The number of rotatable bonds is 4. The Morgan fingerprint density at radius 2 is 2.16 bits per heavy atom. The van der Waals surface area contributed by atoms with E-state index >= 15 is 0 Å². The van der Waals surface area contributed by atoms with Gasteiger partial charge in [-0.15, -0.1) is 0 Å². The second-order valence-electron chi connectivity index (χ2n) is 5.37. The van der Waals surface area contributed by atoms with E-state index in [2.05, 4.69) is 28.6 Å². The van der Waals surface area contributed by atoms with Crippen molar-refractivity contribution in [2.75, 3.05) is 26.7 Å². The summed E-state index contributed by atoms with van der Waals surface area (Å²) in [5.74, 6) is 0. The molecule has 5 nitrogen and oxygen atoms in total.